The number of halogens is 4. The van der Waals surface area contributed by atoms with Gasteiger partial charge in [0.05, 0.1) is 7.11 Å². The van der Waals surface area contributed by atoms with Crippen molar-refractivity contribution >= 4 is 5.97 Å². The van der Waals surface area contributed by atoms with E-state index in [0.29, 0.717) is 17.7 Å². The molecule has 37 heavy (non-hydrogen) atoms. The van der Waals surface area contributed by atoms with Crippen LogP contribution in [0.25, 0.3) is 11.1 Å². The number of hydrogen-bond donors (Lipinski definition) is 2. The van der Waals surface area contributed by atoms with Gasteiger partial charge in [0.15, 0.2) is 0 Å². The smallest absolute Gasteiger partial charge is 0.497 e. The lowest BCUT2D eigenvalue weighted by molar-refractivity contribution is -0.274. The topological polar surface area (TPSA) is 77.0 Å². The Hall–Kier alpha value is -3.79. The summed E-state index contributed by atoms with van der Waals surface area (Å²) in [4.78, 5) is 10.9. The number of aryl methyl sites for hydroxylation is 1. The number of rotatable bonds is 12. The van der Waals surface area contributed by atoms with E-state index in [1.54, 1.807) is 7.11 Å². The molecule has 0 aliphatic rings. The van der Waals surface area contributed by atoms with E-state index in [0.717, 1.165) is 29.5 Å². The summed E-state index contributed by atoms with van der Waals surface area (Å²) in [5.74, 6) is -1.32. The summed E-state index contributed by atoms with van der Waals surface area (Å²) in [5, 5.41) is 12.2. The first-order chi connectivity index (χ1) is 17.5. The maximum absolute atomic E-state index is 14.1. The largest absolute Gasteiger partial charge is 0.573 e. The maximum atomic E-state index is 14.1. The first-order valence-electron chi connectivity index (χ1n) is 11.5. The molecule has 0 aliphatic heterocycles. The molecule has 2 N–H and O–H groups in total. The summed E-state index contributed by atoms with van der Waals surface area (Å²) in [6.07, 6.45) is -5.26. The van der Waals surface area contributed by atoms with Gasteiger partial charge in [-0.3, -0.25) is 4.79 Å². The molecule has 0 amide bonds. The van der Waals surface area contributed by atoms with Crippen LogP contribution in [0.3, 0.4) is 0 Å². The molecule has 10 heteroatoms. The molecule has 0 spiro atoms. The minimum Gasteiger partial charge on any atom is -0.497 e. The van der Waals surface area contributed by atoms with Crippen LogP contribution in [-0.4, -0.2) is 37.7 Å². The fourth-order valence-electron chi connectivity index (χ4n) is 3.67. The molecule has 0 radical (unpaired) electrons. The van der Waals surface area contributed by atoms with Crippen molar-refractivity contribution in [2.75, 3.05) is 20.3 Å². The van der Waals surface area contributed by atoms with Crippen LogP contribution in [0.1, 0.15) is 30.5 Å². The maximum Gasteiger partial charge on any atom is 0.573 e. The van der Waals surface area contributed by atoms with Crippen molar-refractivity contribution in [2.45, 2.75) is 32.2 Å². The van der Waals surface area contributed by atoms with Crippen molar-refractivity contribution < 1.29 is 41.7 Å². The highest BCUT2D eigenvalue weighted by Crippen LogP contribution is 2.34. The Balaban J connectivity index is 1.75. The van der Waals surface area contributed by atoms with Gasteiger partial charge in [-0.25, -0.2) is 4.39 Å². The summed E-state index contributed by atoms with van der Waals surface area (Å²) in [6, 6.07) is 15.3. The van der Waals surface area contributed by atoms with E-state index in [2.05, 4.69) is 10.1 Å². The van der Waals surface area contributed by atoms with Crippen LogP contribution in [0.5, 0.6) is 17.2 Å². The Kier molecular flexibility index (Phi) is 9.35. The van der Waals surface area contributed by atoms with E-state index in [1.807, 2.05) is 31.2 Å². The van der Waals surface area contributed by atoms with Gasteiger partial charge < -0.3 is 24.6 Å². The second kappa shape index (κ2) is 12.4. The number of benzene rings is 3. The van der Waals surface area contributed by atoms with Crippen molar-refractivity contribution in [3.63, 3.8) is 0 Å². The van der Waals surface area contributed by atoms with Crippen molar-refractivity contribution in [1.29, 1.82) is 0 Å². The Labute approximate surface area is 211 Å². The number of ether oxygens (including phenoxy) is 3. The molecule has 0 heterocycles. The van der Waals surface area contributed by atoms with Gasteiger partial charge in [0.1, 0.15) is 29.7 Å². The van der Waals surface area contributed by atoms with Gasteiger partial charge in [-0.05, 0) is 72.0 Å². The minimum absolute atomic E-state index is 0.0300. The number of nitrogens with one attached hydrogen (secondary N) is 1. The van der Waals surface area contributed by atoms with E-state index >= 15 is 0 Å². The number of methoxy groups -OCH3 is 1. The van der Waals surface area contributed by atoms with Crippen LogP contribution in [0.4, 0.5) is 17.6 Å². The number of carbonyl (C=O) groups is 1. The summed E-state index contributed by atoms with van der Waals surface area (Å²) in [6.45, 7) is 2.51. The third-order valence-electron chi connectivity index (χ3n) is 5.52. The van der Waals surface area contributed by atoms with Crippen LogP contribution in [0.15, 0.2) is 60.7 Å². The van der Waals surface area contributed by atoms with Crippen molar-refractivity contribution in [1.82, 2.24) is 5.32 Å². The molecular formula is C27H27F4NO5. The Morgan fingerprint density at radius 1 is 1.00 bits per heavy atom. The fourth-order valence-corrected chi connectivity index (χ4v) is 3.67. The van der Waals surface area contributed by atoms with Crippen LogP contribution in [0, 0.1) is 5.82 Å². The number of hydrogen-bond acceptors (Lipinski definition) is 5. The molecule has 0 saturated heterocycles. The van der Waals surface area contributed by atoms with E-state index in [9.17, 15) is 22.4 Å². The summed E-state index contributed by atoms with van der Waals surface area (Å²) < 4.78 is 68.0. The van der Waals surface area contributed by atoms with E-state index in [-0.39, 0.29) is 36.8 Å². The number of carboxylic acid groups (broad SMARTS) is 1. The molecule has 0 fully saturated rings. The zero-order valence-electron chi connectivity index (χ0n) is 20.3. The van der Waals surface area contributed by atoms with Gasteiger partial charge >= 0.3 is 12.3 Å². The molecule has 6 nitrogen and oxygen atoms in total. The van der Waals surface area contributed by atoms with Gasteiger partial charge in [-0.2, -0.15) is 0 Å². The van der Waals surface area contributed by atoms with Crippen molar-refractivity contribution in [3.8, 4) is 28.4 Å². The first kappa shape index (κ1) is 27.8. The SMILES string of the molecule is COc1cccc(C(C)NCCOc2cc(OC(F)(F)F)cc(-c3ccc(F)c(CCC(=O)O)c3)c2)c1. The second-order valence-electron chi connectivity index (χ2n) is 8.24. The summed E-state index contributed by atoms with van der Waals surface area (Å²) >= 11 is 0. The van der Waals surface area contributed by atoms with Crippen molar-refractivity contribution in [2.24, 2.45) is 0 Å². The number of carboxylic acids is 1. The standard InChI is InChI=1S/C27H27F4NO5/c1-17(18-4-3-5-22(13-18)35-2)32-10-11-36-23-14-21(15-24(16-23)37-27(29,30)31)19-6-8-25(28)20(12-19)7-9-26(33)34/h3-6,8,12-17,32H,7,9-11H2,1-2H3,(H,33,34). The molecule has 1 unspecified atom stereocenters. The van der Waals surface area contributed by atoms with Gasteiger partial charge in [-0.1, -0.05) is 18.2 Å². The third-order valence-corrected chi connectivity index (χ3v) is 5.52. The lowest BCUT2D eigenvalue weighted by atomic mass is 10.00. The predicted molar refractivity (Wildman–Crippen MR) is 129 cm³/mol. The lowest BCUT2D eigenvalue weighted by Gasteiger charge is -2.17. The molecule has 3 aromatic carbocycles. The first-order valence-corrected chi connectivity index (χ1v) is 11.5. The summed E-state index contributed by atoms with van der Waals surface area (Å²) in [5.41, 5.74) is 1.83. The quantitative estimate of drug-likeness (QED) is 0.220. The molecule has 198 valence electrons. The monoisotopic (exact) mass is 521 g/mol. The molecule has 0 bridgehead atoms. The van der Waals surface area contributed by atoms with E-state index < -0.39 is 23.9 Å². The van der Waals surface area contributed by atoms with Gasteiger partial charge in [0, 0.05) is 25.1 Å². The van der Waals surface area contributed by atoms with Gasteiger partial charge in [-0.15, -0.1) is 13.2 Å². The van der Waals surface area contributed by atoms with Crippen LogP contribution in [0.2, 0.25) is 0 Å². The Morgan fingerprint density at radius 3 is 2.46 bits per heavy atom. The summed E-state index contributed by atoms with van der Waals surface area (Å²) in [7, 11) is 1.58. The minimum atomic E-state index is -4.92. The molecular weight excluding hydrogens is 494 g/mol. The third kappa shape index (κ3) is 8.68. The zero-order chi connectivity index (χ0) is 27.0. The molecule has 3 aromatic rings. The van der Waals surface area contributed by atoms with E-state index in [4.69, 9.17) is 14.6 Å². The zero-order valence-corrected chi connectivity index (χ0v) is 20.3. The normalized spacial score (nSPS) is 12.2. The van der Waals surface area contributed by atoms with Crippen LogP contribution in [-0.2, 0) is 11.2 Å². The average molecular weight is 522 g/mol. The lowest BCUT2D eigenvalue weighted by Crippen LogP contribution is -2.24. The van der Waals surface area contributed by atoms with Gasteiger partial charge in [0.25, 0.3) is 0 Å². The molecule has 3 rings (SSSR count). The van der Waals surface area contributed by atoms with Crippen LogP contribution < -0.4 is 19.5 Å². The van der Waals surface area contributed by atoms with Crippen molar-refractivity contribution in [3.05, 3.63) is 77.6 Å². The fraction of sp³-hybridized carbons (Fsp3) is 0.296. The predicted octanol–water partition coefficient (Wildman–Crippen LogP) is 6.15. The van der Waals surface area contributed by atoms with Crippen LogP contribution >= 0.6 is 0 Å². The van der Waals surface area contributed by atoms with Gasteiger partial charge in [0.2, 0.25) is 0 Å². The number of aliphatic carboxylic acids is 1. The number of alkyl halides is 3. The second-order valence-corrected chi connectivity index (χ2v) is 8.24. The highest BCUT2D eigenvalue weighted by molar-refractivity contribution is 5.69. The Morgan fingerprint density at radius 2 is 1.76 bits per heavy atom. The average Bonchev–Trinajstić information content (AvgIpc) is 2.84. The highest BCUT2D eigenvalue weighted by Gasteiger charge is 2.31. The van der Waals surface area contributed by atoms with E-state index in [1.165, 1.54) is 18.2 Å². The Bertz CT molecular complexity index is 1220. The molecule has 0 aliphatic carbocycles. The molecule has 0 saturated carbocycles. The highest BCUT2D eigenvalue weighted by atomic mass is 19.4. The molecule has 0 aromatic heterocycles. The molecule has 1 atom stereocenters.